The molecule has 4 heterocycles. The van der Waals surface area contributed by atoms with Gasteiger partial charge in [0.05, 0.1) is 34.9 Å². The summed E-state index contributed by atoms with van der Waals surface area (Å²) in [5.74, 6) is 1.57. The highest BCUT2D eigenvalue weighted by molar-refractivity contribution is 7.85. The van der Waals surface area contributed by atoms with Gasteiger partial charge in [-0.15, -0.1) is 0 Å². The Bertz CT molecular complexity index is 1330. The van der Waals surface area contributed by atoms with Gasteiger partial charge in [0, 0.05) is 65.5 Å². The maximum absolute atomic E-state index is 12.9. The molecule has 0 saturated carbocycles. The van der Waals surface area contributed by atoms with Crippen LogP contribution in [-0.2, 0) is 22.1 Å². The summed E-state index contributed by atoms with van der Waals surface area (Å²) in [7, 11) is -0.985. The van der Waals surface area contributed by atoms with Gasteiger partial charge >= 0.3 is 0 Å². The molecule has 2 aromatic carbocycles. The van der Waals surface area contributed by atoms with E-state index >= 15 is 0 Å². The Kier molecular flexibility index (Phi) is 5.85. The lowest BCUT2D eigenvalue weighted by molar-refractivity contribution is -0.115. The monoisotopic (exact) mass is 504 g/mol. The highest BCUT2D eigenvalue weighted by Gasteiger charge is 2.53. The number of aromatic nitrogens is 1. The highest BCUT2D eigenvalue weighted by atomic mass is 32.2. The van der Waals surface area contributed by atoms with Gasteiger partial charge in [0.25, 0.3) is 0 Å². The molecule has 0 aliphatic carbocycles. The topological polar surface area (TPSA) is 57.7 Å². The van der Waals surface area contributed by atoms with Crippen molar-refractivity contribution in [1.29, 1.82) is 0 Å². The minimum atomic E-state index is -0.985. The van der Waals surface area contributed by atoms with E-state index in [9.17, 15) is 4.21 Å². The van der Waals surface area contributed by atoms with E-state index in [2.05, 4.69) is 73.1 Å². The number of aryl methyl sites for hydroxylation is 1. The first-order valence-corrected chi connectivity index (χ1v) is 14.3. The molecule has 3 aliphatic rings. The molecule has 2 saturated heterocycles. The number of benzene rings is 2. The molecule has 6 nitrogen and oxygen atoms in total. The fourth-order valence-corrected chi connectivity index (χ4v) is 7.16. The van der Waals surface area contributed by atoms with Crippen molar-refractivity contribution in [2.75, 3.05) is 48.4 Å². The van der Waals surface area contributed by atoms with E-state index in [-0.39, 0.29) is 11.0 Å². The van der Waals surface area contributed by atoms with Crippen molar-refractivity contribution in [3.63, 3.8) is 0 Å². The molecule has 3 aliphatic heterocycles. The van der Waals surface area contributed by atoms with Gasteiger partial charge in [-0.3, -0.25) is 4.21 Å². The minimum absolute atomic E-state index is 0.0421. The number of nitrogens with one attached hydrogen (secondary N) is 1. The van der Waals surface area contributed by atoms with E-state index in [1.165, 1.54) is 16.6 Å². The predicted octanol–water partition coefficient (Wildman–Crippen LogP) is 4.26. The standard InChI is InChI=1S/C29H36N4O2S/c1-20-9-10-23-22(13-20)24(33-16-26(31-28(2,3)4)29(17-33)18-35-19-29)14-27(30-23)32-11-12-36(34)25-8-6-5-7-21(25)15-32/h5-10,13-14,26,31H,11-12,15-19H2,1-4H3. The van der Waals surface area contributed by atoms with Crippen molar-refractivity contribution in [3.8, 4) is 0 Å². The normalized spacial score (nSPS) is 23.6. The number of hydrogen-bond donors (Lipinski definition) is 1. The van der Waals surface area contributed by atoms with Gasteiger partial charge in [-0.25, -0.2) is 4.98 Å². The SMILES string of the molecule is Cc1ccc2nc(N3CCS(=O)c4ccccc4C3)cc(N3CC(NC(C)(C)C)C4(COC4)C3)c2c1. The Balaban J connectivity index is 1.41. The second kappa shape index (κ2) is 8.82. The molecule has 2 atom stereocenters. The second-order valence-corrected chi connectivity index (χ2v) is 13.3. The Morgan fingerprint density at radius 3 is 2.67 bits per heavy atom. The zero-order valence-electron chi connectivity index (χ0n) is 21.7. The number of fused-ring (bicyclic) bond motifs is 2. The van der Waals surface area contributed by atoms with E-state index in [1.807, 2.05) is 18.2 Å². The van der Waals surface area contributed by atoms with Crippen LogP contribution in [0.4, 0.5) is 11.5 Å². The van der Waals surface area contributed by atoms with Crippen molar-refractivity contribution in [2.45, 2.75) is 50.7 Å². The third kappa shape index (κ3) is 4.31. The van der Waals surface area contributed by atoms with Gasteiger partial charge in [-0.2, -0.15) is 0 Å². The van der Waals surface area contributed by atoms with Crippen LogP contribution in [0.5, 0.6) is 0 Å². The van der Waals surface area contributed by atoms with Crippen LogP contribution in [0.15, 0.2) is 53.4 Å². The van der Waals surface area contributed by atoms with E-state index < -0.39 is 10.8 Å². The molecule has 36 heavy (non-hydrogen) atoms. The summed E-state index contributed by atoms with van der Waals surface area (Å²) in [5, 5.41) is 5.09. The number of anilines is 2. The van der Waals surface area contributed by atoms with Crippen LogP contribution < -0.4 is 15.1 Å². The summed E-state index contributed by atoms with van der Waals surface area (Å²) in [6, 6.07) is 17.3. The summed E-state index contributed by atoms with van der Waals surface area (Å²) in [6.07, 6.45) is 0. The summed E-state index contributed by atoms with van der Waals surface area (Å²) >= 11 is 0. The average Bonchev–Trinajstić information content (AvgIpc) is 3.10. The summed E-state index contributed by atoms with van der Waals surface area (Å²) in [4.78, 5) is 10.9. The second-order valence-electron chi connectivity index (χ2n) is 11.8. The molecule has 1 N–H and O–H groups in total. The summed E-state index contributed by atoms with van der Waals surface area (Å²) in [6.45, 7) is 13.8. The molecule has 0 amide bonds. The first-order valence-electron chi connectivity index (χ1n) is 12.9. The van der Waals surface area contributed by atoms with Crippen LogP contribution in [-0.4, -0.2) is 59.4 Å². The van der Waals surface area contributed by atoms with Gasteiger partial charge in [-0.1, -0.05) is 29.8 Å². The lowest BCUT2D eigenvalue weighted by atomic mass is 9.80. The first-order chi connectivity index (χ1) is 17.2. The largest absolute Gasteiger partial charge is 0.380 e. The smallest absolute Gasteiger partial charge is 0.131 e. The van der Waals surface area contributed by atoms with Crippen molar-refractivity contribution < 1.29 is 8.95 Å². The zero-order chi connectivity index (χ0) is 25.1. The number of ether oxygens (including phenoxy) is 1. The lowest BCUT2D eigenvalue weighted by Gasteiger charge is -2.44. The van der Waals surface area contributed by atoms with Gasteiger partial charge in [0.15, 0.2) is 0 Å². The van der Waals surface area contributed by atoms with Crippen LogP contribution in [0.3, 0.4) is 0 Å². The Morgan fingerprint density at radius 1 is 1.11 bits per heavy atom. The van der Waals surface area contributed by atoms with E-state index in [0.29, 0.717) is 11.8 Å². The third-order valence-electron chi connectivity index (χ3n) is 7.75. The maximum Gasteiger partial charge on any atom is 0.131 e. The Labute approximate surface area is 216 Å². The molecule has 3 aromatic rings. The molecule has 6 rings (SSSR count). The quantitative estimate of drug-likeness (QED) is 0.575. The fraction of sp³-hybridized carbons (Fsp3) is 0.483. The van der Waals surface area contributed by atoms with Gasteiger partial charge < -0.3 is 19.9 Å². The Morgan fingerprint density at radius 2 is 1.92 bits per heavy atom. The van der Waals surface area contributed by atoms with Crippen LogP contribution in [0.1, 0.15) is 31.9 Å². The molecular formula is C29H36N4O2S. The molecule has 2 fully saturated rings. The van der Waals surface area contributed by atoms with Crippen molar-refractivity contribution in [1.82, 2.24) is 10.3 Å². The number of nitrogens with zero attached hydrogens (tertiary/aromatic N) is 3. The van der Waals surface area contributed by atoms with Crippen LogP contribution in [0, 0.1) is 12.3 Å². The number of hydrogen-bond acceptors (Lipinski definition) is 6. The van der Waals surface area contributed by atoms with Gasteiger partial charge in [0.2, 0.25) is 0 Å². The summed E-state index contributed by atoms with van der Waals surface area (Å²) < 4.78 is 18.7. The summed E-state index contributed by atoms with van der Waals surface area (Å²) in [5.41, 5.74) is 4.80. The molecule has 0 bridgehead atoms. The van der Waals surface area contributed by atoms with E-state index in [4.69, 9.17) is 9.72 Å². The van der Waals surface area contributed by atoms with Gasteiger partial charge in [-0.05, 0) is 51.5 Å². The molecule has 2 unspecified atom stereocenters. The van der Waals surface area contributed by atoms with Gasteiger partial charge in [0.1, 0.15) is 5.82 Å². The molecule has 0 radical (unpaired) electrons. The van der Waals surface area contributed by atoms with Crippen molar-refractivity contribution in [2.24, 2.45) is 5.41 Å². The van der Waals surface area contributed by atoms with Crippen LogP contribution >= 0.6 is 0 Å². The first kappa shape index (κ1) is 23.9. The number of rotatable bonds is 3. The van der Waals surface area contributed by atoms with E-state index in [1.54, 1.807) is 0 Å². The van der Waals surface area contributed by atoms with Crippen LogP contribution in [0.2, 0.25) is 0 Å². The van der Waals surface area contributed by atoms with Crippen molar-refractivity contribution in [3.05, 3.63) is 59.7 Å². The Hall–Kier alpha value is -2.48. The van der Waals surface area contributed by atoms with Crippen molar-refractivity contribution >= 4 is 33.2 Å². The molecule has 7 heteroatoms. The zero-order valence-corrected chi connectivity index (χ0v) is 22.5. The average molecular weight is 505 g/mol. The lowest BCUT2D eigenvalue weighted by Crippen LogP contribution is -2.59. The molecule has 190 valence electrons. The molecule has 1 aromatic heterocycles. The highest BCUT2D eigenvalue weighted by Crippen LogP contribution is 2.43. The minimum Gasteiger partial charge on any atom is -0.380 e. The molecule has 1 spiro atoms. The van der Waals surface area contributed by atoms with Crippen LogP contribution in [0.25, 0.3) is 10.9 Å². The fourth-order valence-electron chi connectivity index (χ4n) is 5.90. The third-order valence-corrected chi connectivity index (χ3v) is 9.20. The number of pyridine rings is 1. The van der Waals surface area contributed by atoms with E-state index in [0.717, 1.165) is 61.2 Å². The predicted molar refractivity (Wildman–Crippen MR) is 147 cm³/mol. The maximum atomic E-state index is 12.9. The molecular weight excluding hydrogens is 468 g/mol.